The van der Waals surface area contributed by atoms with Crippen molar-refractivity contribution in [1.29, 1.82) is 0 Å². The van der Waals surface area contributed by atoms with Gasteiger partial charge >= 0.3 is 5.97 Å². The SMILES string of the molecule is O=C(O)C=Cc1cc2[nH]c1c(-c1ccccc1)c1nc(c(-c3ccccc3)c3ccc([nH]3)c(-c3ccccc3)c3nc(c2-c2ccccc2)C=C3)C=C1. The highest BCUT2D eigenvalue weighted by Gasteiger charge is 2.20. The van der Waals surface area contributed by atoms with Gasteiger partial charge in [-0.05, 0) is 70.8 Å². The topological polar surface area (TPSA) is 94.7 Å². The average Bonchev–Trinajstić information content (AvgIpc) is 4.03. The Morgan fingerprint density at radius 1 is 0.472 bits per heavy atom. The molecule has 252 valence electrons. The van der Waals surface area contributed by atoms with Gasteiger partial charge < -0.3 is 15.1 Å². The molecule has 0 saturated heterocycles. The van der Waals surface area contributed by atoms with Gasteiger partial charge in [-0.2, -0.15) is 0 Å². The van der Waals surface area contributed by atoms with E-state index in [9.17, 15) is 9.90 Å². The van der Waals surface area contributed by atoms with E-state index < -0.39 is 5.97 Å². The Labute approximate surface area is 305 Å². The largest absolute Gasteiger partial charge is 0.478 e. The minimum absolute atomic E-state index is 0.715. The number of nitrogens with one attached hydrogen (secondary N) is 2. The highest BCUT2D eigenvalue weighted by atomic mass is 16.4. The molecule has 2 aliphatic rings. The molecule has 4 aromatic carbocycles. The molecule has 0 unspecified atom stereocenters. The number of benzene rings is 4. The molecule has 8 bridgehead atoms. The zero-order valence-corrected chi connectivity index (χ0v) is 28.5. The van der Waals surface area contributed by atoms with Crippen LogP contribution in [0, 0.1) is 0 Å². The fourth-order valence-electron chi connectivity index (χ4n) is 7.24. The fraction of sp³-hybridized carbons (Fsp3) is 0. The smallest absolute Gasteiger partial charge is 0.328 e. The summed E-state index contributed by atoms with van der Waals surface area (Å²) < 4.78 is 0. The summed E-state index contributed by atoms with van der Waals surface area (Å²) in [7, 11) is 0. The number of fused-ring (bicyclic) bond motifs is 8. The van der Waals surface area contributed by atoms with Gasteiger partial charge in [0, 0.05) is 50.4 Å². The van der Waals surface area contributed by atoms with Crippen molar-refractivity contribution in [1.82, 2.24) is 19.9 Å². The summed E-state index contributed by atoms with van der Waals surface area (Å²) in [5, 5.41) is 9.76. The third-order valence-electron chi connectivity index (χ3n) is 9.55. The first-order valence-corrected chi connectivity index (χ1v) is 17.4. The zero-order valence-electron chi connectivity index (χ0n) is 28.5. The van der Waals surface area contributed by atoms with Crippen molar-refractivity contribution in [2.75, 3.05) is 0 Å². The van der Waals surface area contributed by atoms with Crippen LogP contribution in [0.15, 0.2) is 146 Å². The Morgan fingerprint density at radius 2 is 0.849 bits per heavy atom. The normalized spacial score (nSPS) is 12.1. The summed E-state index contributed by atoms with van der Waals surface area (Å²) in [6.07, 6.45) is 11.1. The van der Waals surface area contributed by atoms with Gasteiger partial charge in [0.15, 0.2) is 0 Å². The molecule has 0 aliphatic carbocycles. The number of hydrogen-bond donors (Lipinski definition) is 3. The van der Waals surface area contributed by atoms with E-state index in [1.165, 1.54) is 6.08 Å². The zero-order chi connectivity index (χ0) is 35.7. The van der Waals surface area contributed by atoms with Gasteiger partial charge in [0.1, 0.15) is 0 Å². The van der Waals surface area contributed by atoms with E-state index in [-0.39, 0.29) is 0 Å². The van der Waals surface area contributed by atoms with Gasteiger partial charge in [-0.3, -0.25) is 0 Å². The standard InChI is InChI=1S/C47H32N4O2/c52-42(53)28-21-34-29-41-45(32-17-9-3-10-18-32)39-25-24-37(49-39)43(30-13-5-1-6-14-30)35-22-23-36(48-35)44(31-15-7-2-8-16-31)38-26-27-40(50-38)46(47(34)51-41)33-19-11-4-12-20-33/h1-29,48,51H,(H,52,53). The monoisotopic (exact) mass is 684 g/mol. The van der Waals surface area contributed by atoms with Crippen molar-refractivity contribution < 1.29 is 9.90 Å². The van der Waals surface area contributed by atoms with Gasteiger partial charge in [0.25, 0.3) is 0 Å². The quantitative estimate of drug-likeness (QED) is 0.152. The summed E-state index contributed by atoms with van der Waals surface area (Å²) >= 11 is 0. The number of carboxylic acid groups (broad SMARTS) is 1. The molecule has 0 atom stereocenters. The number of aliphatic carboxylic acids is 1. The third-order valence-corrected chi connectivity index (χ3v) is 9.55. The second kappa shape index (κ2) is 13.4. The predicted octanol–water partition coefficient (Wildman–Crippen LogP) is 11.4. The Morgan fingerprint density at radius 3 is 1.26 bits per heavy atom. The van der Waals surface area contributed by atoms with Gasteiger partial charge in [-0.15, -0.1) is 0 Å². The van der Waals surface area contributed by atoms with E-state index in [4.69, 9.17) is 9.97 Å². The van der Waals surface area contributed by atoms with Crippen LogP contribution in [-0.4, -0.2) is 31.0 Å². The van der Waals surface area contributed by atoms with Crippen LogP contribution in [0.2, 0.25) is 0 Å². The van der Waals surface area contributed by atoms with Gasteiger partial charge in [0.2, 0.25) is 0 Å². The lowest BCUT2D eigenvalue weighted by atomic mass is 10.0. The molecule has 5 heterocycles. The molecule has 7 aromatic rings. The van der Waals surface area contributed by atoms with E-state index in [0.717, 1.165) is 89.4 Å². The molecule has 53 heavy (non-hydrogen) atoms. The number of carbonyl (C=O) groups is 1. The molecular weight excluding hydrogens is 653 g/mol. The van der Waals surface area contributed by atoms with Crippen LogP contribution in [0.3, 0.4) is 0 Å². The van der Waals surface area contributed by atoms with E-state index in [0.29, 0.717) is 5.56 Å². The Bertz CT molecular complexity index is 2780. The number of carboxylic acids is 1. The Hall–Kier alpha value is -7.31. The number of nitrogens with zero attached hydrogens (tertiary/aromatic N) is 2. The lowest BCUT2D eigenvalue weighted by Gasteiger charge is -2.07. The van der Waals surface area contributed by atoms with Gasteiger partial charge in [-0.1, -0.05) is 121 Å². The van der Waals surface area contributed by atoms with E-state index in [1.54, 1.807) is 6.08 Å². The summed E-state index contributed by atoms with van der Waals surface area (Å²) in [6.45, 7) is 0. The van der Waals surface area contributed by atoms with E-state index in [2.05, 4.69) is 88.9 Å². The molecule has 6 heteroatoms. The molecule has 3 N–H and O–H groups in total. The minimum atomic E-state index is -1.03. The van der Waals surface area contributed by atoms with Crippen LogP contribution in [0.4, 0.5) is 0 Å². The maximum atomic E-state index is 11.9. The summed E-state index contributed by atoms with van der Waals surface area (Å²) in [5.74, 6) is -1.03. The van der Waals surface area contributed by atoms with Crippen LogP contribution in [0.25, 0.3) is 97.0 Å². The molecule has 2 aliphatic heterocycles. The average molecular weight is 685 g/mol. The molecule has 0 saturated carbocycles. The molecule has 0 fully saturated rings. The molecule has 6 nitrogen and oxygen atoms in total. The minimum Gasteiger partial charge on any atom is -0.478 e. The van der Waals surface area contributed by atoms with E-state index >= 15 is 0 Å². The lowest BCUT2D eigenvalue weighted by molar-refractivity contribution is -0.131. The molecule has 0 radical (unpaired) electrons. The Kier molecular flexibility index (Phi) is 8.02. The molecular formula is C47H32N4O2. The first kappa shape index (κ1) is 31.7. The van der Waals surface area contributed by atoms with Crippen molar-refractivity contribution in [2.24, 2.45) is 0 Å². The van der Waals surface area contributed by atoms with Crippen LogP contribution in [0.1, 0.15) is 28.3 Å². The van der Waals surface area contributed by atoms with Crippen LogP contribution < -0.4 is 0 Å². The van der Waals surface area contributed by atoms with Crippen molar-refractivity contribution in [3.05, 3.63) is 174 Å². The summed E-state index contributed by atoms with van der Waals surface area (Å²) in [5.41, 5.74) is 14.9. The number of H-pyrrole nitrogens is 2. The first-order valence-electron chi connectivity index (χ1n) is 17.4. The van der Waals surface area contributed by atoms with Crippen LogP contribution in [0.5, 0.6) is 0 Å². The maximum Gasteiger partial charge on any atom is 0.328 e. The third kappa shape index (κ3) is 5.98. The lowest BCUT2D eigenvalue weighted by Crippen LogP contribution is -1.90. The Balaban J connectivity index is 1.52. The summed E-state index contributed by atoms with van der Waals surface area (Å²) in [6, 6.07) is 47.1. The van der Waals surface area contributed by atoms with Crippen molar-refractivity contribution >= 4 is 58.4 Å². The summed E-state index contributed by atoms with van der Waals surface area (Å²) in [4.78, 5) is 30.1. The molecule has 0 amide bonds. The second-order valence-corrected chi connectivity index (χ2v) is 12.9. The van der Waals surface area contributed by atoms with Gasteiger partial charge in [0.05, 0.1) is 28.3 Å². The van der Waals surface area contributed by atoms with Gasteiger partial charge in [-0.25, -0.2) is 14.8 Å². The van der Waals surface area contributed by atoms with Crippen LogP contribution in [-0.2, 0) is 4.79 Å². The van der Waals surface area contributed by atoms with Crippen molar-refractivity contribution in [3.63, 3.8) is 0 Å². The molecule has 3 aromatic heterocycles. The second-order valence-electron chi connectivity index (χ2n) is 12.9. The number of rotatable bonds is 6. The number of aromatic amines is 2. The van der Waals surface area contributed by atoms with Crippen LogP contribution >= 0.6 is 0 Å². The number of hydrogen-bond acceptors (Lipinski definition) is 3. The van der Waals surface area contributed by atoms with Crippen molar-refractivity contribution in [2.45, 2.75) is 0 Å². The maximum absolute atomic E-state index is 11.9. The molecule has 9 rings (SSSR count). The number of aromatic nitrogens is 4. The van der Waals surface area contributed by atoms with Crippen molar-refractivity contribution in [3.8, 4) is 44.5 Å². The predicted molar refractivity (Wildman–Crippen MR) is 217 cm³/mol. The highest BCUT2D eigenvalue weighted by molar-refractivity contribution is 6.02. The fourth-order valence-corrected chi connectivity index (χ4v) is 7.24. The van der Waals surface area contributed by atoms with E-state index in [1.807, 2.05) is 84.9 Å². The first-order chi connectivity index (χ1) is 26.1. The molecule has 0 spiro atoms. The highest BCUT2D eigenvalue weighted by Crippen LogP contribution is 2.39.